The van der Waals surface area contributed by atoms with Crippen molar-refractivity contribution in [1.82, 2.24) is 15.2 Å². The van der Waals surface area contributed by atoms with Crippen LogP contribution in [0.3, 0.4) is 0 Å². The van der Waals surface area contributed by atoms with E-state index < -0.39 is 0 Å². The van der Waals surface area contributed by atoms with Gasteiger partial charge in [0.1, 0.15) is 5.69 Å². The molecule has 0 aromatic carbocycles. The molecule has 0 bridgehead atoms. The third-order valence-electron chi connectivity index (χ3n) is 2.77. The Morgan fingerprint density at radius 2 is 2.06 bits per heavy atom. The summed E-state index contributed by atoms with van der Waals surface area (Å²) in [5.41, 5.74) is 0.619. The van der Waals surface area contributed by atoms with Crippen molar-refractivity contribution in [2.24, 2.45) is 0 Å². The van der Waals surface area contributed by atoms with Gasteiger partial charge in [0, 0.05) is 37.0 Å². The minimum absolute atomic E-state index is 0.0205. The maximum atomic E-state index is 12.2. The Morgan fingerprint density at radius 1 is 1.41 bits per heavy atom. The zero-order chi connectivity index (χ0) is 12.5. The molecule has 2 rings (SSSR count). The van der Waals surface area contributed by atoms with Crippen LogP contribution in [0.15, 0.2) is 5.38 Å². The summed E-state index contributed by atoms with van der Waals surface area (Å²) in [6.45, 7) is 9.66. The first-order valence-electron chi connectivity index (χ1n) is 5.94. The molecule has 0 unspecified atom stereocenters. The highest BCUT2D eigenvalue weighted by molar-refractivity contribution is 7.10. The van der Waals surface area contributed by atoms with Crippen LogP contribution in [-0.2, 0) is 5.41 Å². The molecule has 1 aliphatic heterocycles. The van der Waals surface area contributed by atoms with E-state index in [2.05, 4.69) is 31.1 Å². The SMILES string of the molecule is CC(C)(C)c1nc(C(=O)N2CCNCC2)cs1. The summed E-state index contributed by atoms with van der Waals surface area (Å²) in [5, 5.41) is 6.14. The molecule has 5 heteroatoms. The number of carbonyl (C=O) groups excluding carboxylic acids is 1. The molecule has 4 nitrogen and oxygen atoms in total. The molecule has 2 heterocycles. The van der Waals surface area contributed by atoms with Gasteiger partial charge in [0.25, 0.3) is 5.91 Å². The average molecular weight is 253 g/mol. The monoisotopic (exact) mass is 253 g/mol. The normalized spacial score (nSPS) is 17.2. The lowest BCUT2D eigenvalue weighted by Crippen LogP contribution is -2.46. The van der Waals surface area contributed by atoms with Gasteiger partial charge < -0.3 is 10.2 Å². The summed E-state index contributed by atoms with van der Waals surface area (Å²) < 4.78 is 0. The van der Waals surface area contributed by atoms with Crippen LogP contribution in [0, 0.1) is 0 Å². The summed E-state index contributed by atoms with van der Waals surface area (Å²) in [4.78, 5) is 18.5. The first-order chi connectivity index (χ1) is 7.98. The highest BCUT2D eigenvalue weighted by atomic mass is 32.1. The molecule has 0 atom stereocenters. The Kier molecular flexibility index (Phi) is 3.49. The second-order valence-corrected chi connectivity index (χ2v) is 6.19. The molecule has 94 valence electrons. The first-order valence-corrected chi connectivity index (χ1v) is 6.82. The van der Waals surface area contributed by atoms with E-state index in [-0.39, 0.29) is 11.3 Å². The Morgan fingerprint density at radius 3 is 2.59 bits per heavy atom. The van der Waals surface area contributed by atoms with Crippen LogP contribution < -0.4 is 5.32 Å². The minimum atomic E-state index is 0.0205. The number of piperazine rings is 1. The van der Waals surface area contributed by atoms with Crippen molar-refractivity contribution in [3.63, 3.8) is 0 Å². The van der Waals surface area contributed by atoms with Crippen LogP contribution in [0.1, 0.15) is 36.3 Å². The molecule has 0 spiro atoms. The molecule has 1 saturated heterocycles. The van der Waals surface area contributed by atoms with E-state index in [0.29, 0.717) is 5.69 Å². The zero-order valence-electron chi connectivity index (χ0n) is 10.6. The number of hydrogen-bond acceptors (Lipinski definition) is 4. The number of carbonyl (C=O) groups is 1. The van der Waals surface area contributed by atoms with Crippen LogP contribution in [0.2, 0.25) is 0 Å². The number of thiazole rings is 1. The van der Waals surface area contributed by atoms with E-state index in [9.17, 15) is 4.79 Å². The van der Waals surface area contributed by atoms with Gasteiger partial charge in [0.2, 0.25) is 0 Å². The summed E-state index contributed by atoms with van der Waals surface area (Å²) in [6, 6.07) is 0. The average Bonchev–Trinajstić information content (AvgIpc) is 2.78. The first kappa shape index (κ1) is 12.5. The Bertz CT molecular complexity index is 402. The molecule has 1 amide bonds. The predicted molar refractivity (Wildman–Crippen MR) is 69.6 cm³/mol. The zero-order valence-corrected chi connectivity index (χ0v) is 11.4. The fraction of sp³-hybridized carbons (Fsp3) is 0.667. The van der Waals surface area contributed by atoms with Crippen LogP contribution in [0.25, 0.3) is 0 Å². The van der Waals surface area contributed by atoms with Crippen LogP contribution in [-0.4, -0.2) is 42.0 Å². The Labute approximate surface area is 106 Å². The number of hydrogen-bond donors (Lipinski definition) is 1. The van der Waals surface area contributed by atoms with Crippen molar-refractivity contribution in [2.45, 2.75) is 26.2 Å². The third kappa shape index (κ3) is 2.84. The highest BCUT2D eigenvalue weighted by Crippen LogP contribution is 2.25. The van der Waals surface area contributed by atoms with Gasteiger partial charge in [-0.05, 0) is 0 Å². The van der Waals surface area contributed by atoms with Crippen molar-refractivity contribution >= 4 is 17.2 Å². The summed E-state index contributed by atoms with van der Waals surface area (Å²) in [6.07, 6.45) is 0. The van der Waals surface area contributed by atoms with Crippen molar-refractivity contribution in [3.8, 4) is 0 Å². The molecule has 1 N–H and O–H groups in total. The Hall–Kier alpha value is -0.940. The molecule has 0 aliphatic carbocycles. The van der Waals surface area contributed by atoms with E-state index in [1.165, 1.54) is 0 Å². The number of aromatic nitrogens is 1. The van der Waals surface area contributed by atoms with Crippen LogP contribution >= 0.6 is 11.3 Å². The maximum absolute atomic E-state index is 12.2. The van der Waals surface area contributed by atoms with E-state index >= 15 is 0 Å². The topological polar surface area (TPSA) is 45.2 Å². The van der Waals surface area contributed by atoms with Crippen molar-refractivity contribution in [2.75, 3.05) is 26.2 Å². The van der Waals surface area contributed by atoms with E-state index in [1.807, 2.05) is 10.3 Å². The molecule has 0 radical (unpaired) electrons. The molecular weight excluding hydrogens is 234 g/mol. The number of amides is 1. The third-order valence-corrected chi connectivity index (χ3v) is 4.04. The van der Waals surface area contributed by atoms with E-state index in [0.717, 1.165) is 31.2 Å². The van der Waals surface area contributed by atoms with Gasteiger partial charge in [-0.3, -0.25) is 4.79 Å². The quantitative estimate of drug-likeness (QED) is 0.824. The van der Waals surface area contributed by atoms with Crippen molar-refractivity contribution in [1.29, 1.82) is 0 Å². The smallest absolute Gasteiger partial charge is 0.273 e. The summed E-state index contributed by atoms with van der Waals surface area (Å²) in [5.74, 6) is 0.0678. The standard InChI is InChI=1S/C12H19N3OS/c1-12(2,3)11-14-9(8-17-11)10(16)15-6-4-13-5-7-15/h8,13H,4-7H2,1-3H3. The number of nitrogens with zero attached hydrogens (tertiary/aromatic N) is 2. The summed E-state index contributed by atoms with van der Waals surface area (Å²) in [7, 11) is 0. The maximum Gasteiger partial charge on any atom is 0.273 e. The largest absolute Gasteiger partial charge is 0.335 e. The second-order valence-electron chi connectivity index (χ2n) is 5.33. The van der Waals surface area contributed by atoms with E-state index in [1.54, 1.807) is 11.3 Å². The minimum Gasteiger partial charge on any atom is -0.335 e. The lowest BCUT2D eigenvalue weighted by molar-refractivity contribution is 0.0730. The lowest BCUT2D eigenvalue weighted by atomic mass is 9.98. The molecule has 1 aromatic heterocycles. The van der Waals surface area contributed by atoms with Crippen LogP contribution in [0.5, 0.6) is 0 Å². The number of rotatable bonds is 1. The molecule has 1 aliphatic rings. The molecule has 0 saturated carbocycles. The second kappa shape index (κ2) is 4.74. The van der Waals surface area contributed by atoms with Gasteiger partial charge in [0.05, 0.1) is 5.01 Å². The lowest BCUT2D eigenvalue weighted by Gasteiger charge is -2.26. The molecule has 1 aromatic rings. The van der Waals surface area contributed by atoms with Gasteiger partial charge >= 0.3 is 0 Å². The van der Waals surface area contributed by atoms with Crippen molar-refractivity contribution < 1.29 is 4.79 Å². The summed E-state index contributed by atoms with van der Waals surface area (Å²) >= 11 is 1.57. The Balaban J connectivity index is 2.11. The fourth-order valence-electron chi connectivity index (χ4n) is 1.75. The van der Waals surface area contributed by atoms with Crippen molar-refractivity contribution in [3.05, 3.63) is 16.1 Å². The van der Waals surface area contributed by atoms with Gasteiger partial charge in [-0.25, -0.2) is 4.98 Å². The molecule has 1 fully saturated rings. The van der Waals surface area contributed by atoms with Gasteiger partial charge in [-0.15, -0.1) is 11.3 Å². The van der Waals surface area contributed by atoms with E-state index in [4.69, 9.17) is 0 Å². The van der Waals surface area contributed by atoms with Gasteiger partial charge in [0.15, 0.2) is 0 Å². The fourth-order valence-corrected chi connectivity index (χ4v) is 2.63. The number of nitrogens with one attached hydrogen (secondary N) is 1. The highest BCUT2D eigenvalue weighted by Gasteiger charge is 2.23. The molecular formula is C12H19N3OS. The van der Waals surface area contributed by atoms with Gasteiger partial charge in [-0.2, -0.15) is 0 Å². The van der Waals surface area contributed by atoms with Crippen LogP contribution in [0.4, 0.5) is 0 Å². The molecule has 17 heavy (non-hydrogen) atoms. The predicted octanol–water partition coefficient (Wildman–Crippen LogP) is 1.49. The van der Waals surface area contributed by atoms with Gasteiger partial charge in [-0.1, -0.05) is 20.8 Å².